The van der Waals surface area contributed by atoms with Gasteiger partial charge in [0.25, 0.3) is 0 Å². The fraction of sp³-hybridized carbons (Fsp3) is 0.562. The first kappa shape index (κ1) is 15.0. The first-order chi connectivity index (χ1) is 9.66. The van der Waals surface area contributed by atoms with Crippen LogP contribution in [0.1, 0.15) is 19.4 Å². The number of nitrogens with one attached hydrogen (secondary N) is 2. The Hall–Kier alpha value is -1.39. The zero-order valence-corrected chi connectivity index (χ0v) is 12.3. The molecule has 1 aromatic rings. The van der Waals surface area contributed by atoms with Crippen LogP contribution < -0.4 is 10.6 Å². The van der Waals surface area contributed by atoms with Crippen molar-refractivity contribution in [3.63, 3.8) is 0 Å². The van der Waals surface area contributed by atoms with Crippen LogP contribution in [0.15, 0.2) is 30.3 Å². The molecule has 0 spiro atoms. The fourth-order valence-electron chi connectivity index (χ4n) is 2.22. The zero-order chi connectivity index (χ0) is 14.4. The van der Waals surface area contributed by atoms with Crippen molar-refractivity contribution in [1.29, 1.82) is 0 Å². The number of hydrogen-bond donors (Lipinski definition) is 2. The van der Waals surface area contributed by atoms with Crippen LogP contribution in [0.3, 0.4) is 0 Å². The predicted octanol–water partition coefficient (Wildman–Crippen LogP) is 1.56. The molecule has 0 aromatic heterocycles. The maximum absolute atomic E-state index is 12.0. The minimum atomic E-state index is 0.0432. The Morgan fingerprint density at radius 1 is 1.35 bits per heavy atom. The Kier molecular flexibility index (Phi) is 5.56. The predicted molar refractivity (Wildman–Crippen MR) is 79.2 cm³/mol. The van der Waals surface area contributed by atoms with Gasteiger partial charge in [-0.3, -0.25) is 4.79 Å². The molecule has 2 rings (SSSR count). The Labute approximate surface area is 120 Å². The van der Waals surface area contributed by atoms with Crippen molar-refractivity contribution in [2.45, 2.75) is 26.5 Å². The molecule has 4 heteroatoms. The molecule has 2 atom stereocenters. The second-order valence-electron chi connectivity index (χ2n) is 5.62. The topological polar surface area (TPSA) is 50.4 Å². The molecule has 20 heavy (non-hydrogen) atoms. The van der Waals surface area contributed by atoms with Gasteiger partial charge >= 0.3 is 0 Å². The summed E-state index contributed by atoms with van der Waals surface area (Å²) in [5, 5.41) is 6.22. The summed E-state index contributed by atoms with van der Waals surface area (Å²) in [7, 11) is 0. The first-order valence-corrected chi connectivity index (χ1v) is 7.29. The van der Waals surface area contributed by atoms with E-state index in [1.54, 1.807) is 0 Å². The third kappa shape index (κ3) is 4.32. The molecular formula is C16H24N2O2. The van der Waals surface area contributed by atoms with Gasteiger partial charge in [-0.15, -0.1) is 0 Å². The molecule has 1 heterocycles. The lowest BCUT2D eigenvalue weighted by Gasteiger charge is -2.32. The number of carbonyl (C=O) groups is 1. The van der Waals surface area contributed by atoms with E-state index in [2.05, 4.69) is 10.6 Å². The Morgan fingerprint density at radius 3 is 2.65 bits per heavy atom. The summed E-state index contributed by atoms with van der Waals surface area (Å²) in [6.07, 6.45) is 0. The smallest absolute Gasteiger partial charge is 0.223 e. The molecule has 2 unspecified atom stereocenters. The summed E-state index contributed by atoms with van der Waals surface area (Å²) >= 11 is 0. The van der Waals surface area contributed by atoms with E-state index in [1.807, 2.05) is 44.2 Å². The van der Waals surface area contributed by atoms with Crippen LogP contribution in [0.25, 0.3) is 0 Å². The van der Waals surface area contributed by atoms with Gasteiger partial charge in [-0.1, -0.05) is 37.3 Å². The Bertz CT molecular complexity index is 418. The fourth-order valence-corrected chi connectivity index (χ4v) is 2.22. The van der Waals surface area contributed by atoms with Gasteiger partial charge in [0.1, 0.15) is 0 Å². The summed E-state index contributed by atoms with van der Waals surface area (Å²) in [5.74, 6) is 0.688. The number of carbonyl (C=O) groups excluding carboxylic acids is 1. The number of hydrogen-bond acceptors (Lipinski definition) is 3. The molecule has 1 fully saturated rings. The molecule has 0 bridgehead atoms. The minimum absolute atomic E-state index is 0.0432. The summed E-state index contributed by atoms with van der Waals surface area (Å²) in [5.41, 5.74) is 1.15. The van der Waals surface area contributed by atoms with Gasteiger partial charge in [0.15, 0.2) is 0 Å². The van der Waals surface area contributed by atoms with Crippen LogP contribution >= 0.6 is 0 Å². The van der Waals surface area contributed by atoms with E-state index in [-0.39, 0.29) is 17.9 Å². The van der Waals surface area contributed by atoms with Gasteiger partial charge < -0.3 is 15.4 Å². The zero-order valence-electron chi connectivity index (χ0n) is 12.3. The molecule has 0 radical (unpaired) electrons. The van der Waals surface area contributed by atoms with Gasteiger partial charge in [-0.05, 0) is 31.5 Å². The summed E-state index contributed by atoms with van der Waals surface area (Å²) in [6.45, 7) is 7.01. The van der Waals surface area contributed by atoms with Crippen LogP contribution in [0, 0.1) is 11.8 Å². The highest BCUT2D eigenvalue weighted by Crippen LogP contribution is 2.15. The van der Waals surface area contributed by atoms with E-state index in [0.29, 0.717) is 19.1 Å². The second-order valence-corrected chi connectivity index (χ2v) is 5.62. The number of ether oxygens (including phenoxy) is 1. The SMILES string of the molecule is CC(COCc1ccccc1)NC(=O)C(C)C1CNC1. The van der Waals surface area contributed by atoms with Crippen molar-refractivity contribution < 1.29 is 9.53 Å². The van der Waals surface area contributed by atoms with Crippen molar-refractivity contribution in [3.8, 4) is 0 Å². The van der Waals surface area contributed by atoms with E-state index in [1.165, 1.54) is 0 Å². The average Bonchev–Trinajstić information content (AvgIpc) is 2.37. The van der Waals surface area contributed by atoms with Crippen LogP contribution in [0.5, 0.6) is 0 Å². The van der Waals surface area contributed by atoms with E-state index >= 15 is 0 Å². The van der Waals surface area contributed by atoms with E-state index in [9.17, 15) is 4.79 Å². The molecule has 1 aliphatic rings. The molecular weight excluding hydrogens is 252 g/mol. The van der Waals surface area contributed by atoms with Gasteiger partial charge in [0, 0.05) is 12.0 Å². The highest BCUT2D eigenvalue weighted by molar-refractivity contribution is 5.79. The third-order valence-corrected chi connectivity index (χ3v) is 3.80. The van der Waals surface area contributed by atoms with Crippen LogP contribution in [-0.2, 0) is 16.1 Å². The van der Waals surface area contributed by atoms with Gasteiger partial charge in [0.05, 0.1) is 13.2 Å². The third-order valence-electron chi connectivity index (χ3n) is 3.80. The van der Waals surface area contributed by atoms with Gasteiger partial charge in [-0.25, -0.2) is 0 Å². The Balaban J connectivity index is 1.64. The maximum Gasteiger partial charge on any atom is 0.223 e. The number of rotatable bonds is 7. The second kappa shape index (κ2) is 7.41. The molecule has 0 aliphatic carbocycles. The van der Waals surface area contributed by atoms with E-state index in [0.717, 1.165) is 18.7 Å². The quantitative estimate of drug-likeness (QED) is 0.794. The first-order valence-electron chi connectivity index (χ1n) is 7.29. The molecule has 0 saturated carbocycles. The average molecular weight is 276 g/mol. The largest absolute Gasteiger partial charge is 0.375 e. The summed E-state index contributed by atoms with van der Waals surface area (Å²) in [6, 6.07) is 10.1. The summed E-state index contributed by atoms with van der Waals surface area (Å²) < 4.78 is 5.64. The maximum atomic E-state index is 12.0. The van der Waals surface area contributed by atoms with Crippen molar-refractivity contribution >= 4 is 5.91 Å². The minimum Gasteiger partial charge on any atom is -0.375 e. The highest BCUT2D eigenvalue weighted by atomic mass is 16.5. The molecule has 110 valence electrons. The molecule has 1 aliphatic heterocycles. The van der Waals surface area contributed by atoms with Crippen LogP contribution in [0.2, 0.25) is 0 Å². The van der Waals surface area contributed by atoms with Gasteiger partial charge in [0.2, 0.25) is 5.91 Å². The monoisotopic (exact) mass is 276 g/mol. The lowest BCUT2D eigenvalue weighted by Crippen LogP contribution is -2.51. The molecule has 1 aromatic carbocycles. The van der Waals surface area contributed by atoms with Crippen molar-refractivity contribution in [3.05, 3.63) is 35.9 Å². The lowest BCUT2D eigenvalue weighted by atomic mass is 9.88. The van der Waals surface area contributed by atoms with E-state index in [4.69, 9.17) is 4.74 Å². The highest BCUT2D eigenvalue weighted by Gasteiger charge is 2.29. The summed E-state index contributed by atoms with van der Waals surface area (Å²) in [4.78, 5) is 12.0. The normalized spacial score (nSPS) is 18.1. The standard InChI is InChI=1S/C16H24N2O2/c1-12(10-20-11-14-6-4-3-5-7-14)18-16(19)13(2)15-8-17-9-15/h3-7,12-13,15,17H,8-11H2,1-2H3,(H,18,19). The van der Waals surface area contributed by atoms with Crippen LogP contribution in [-0.4, -0.2) is 31.6 Å². The van der Waals surface area contributed by atoms with Crippen LogP contribution in [0.4, 0.5) is 0 Å². The molecule has 1 saturated heterocycles. The number of benzene rings is 1. The van der Waals surface area contributed by atoms with Crippen molar-refractivity contribution in [1.82, 2.24) is 10.6 Å². The lowest BCUT2D eigenvalue weighted by molar-refractivity contribution is -0.127. The molecule has 1 amide bonds. The van der Waals surface area contributed by atoms with Crippen molar-refractivity contribution in [2.75, 3.05) is 19.7 Å². The molecule has 2 N–H and O–H groups in total. The Morgan fingerprint density at radius 2 is 2.05 bits per heavy atom. The number of amides is 1. The van der Waals surface area contributed by atoms with Gasteiger partial charge in [-0.2, -0.15) is 0 Å². The van der Waals surface area contributed by atoms with E-state index < -0.39 is 0 Å². The molecule has 4 nitrogen and oxygen atoms in total. The van der Waals surface area contributed by atoms with Crippen molar-refractivity contribution in [2.24, 2.45) is 11.8 Å².